The summed E-state index contributed by atoms with van der Waals surface area (Å²) < 4.78 is 10.6. The molecule has 1 rings (SSSR count). The Kier molecular flexibility index (Phi) is 7.16. The number of methoxy groups -OCH3 is 1. The zero-order chi connectivity index (χ0) is 14.3. The molecule has 5 heteroatoms. The predicted octanol–water partition coefficient (Wildman–Crippen LogP) is 2.22. The van der Waals surface area contributed by atoms with Crippen LogP contribution < -0.4 is 10.1 Å². The van der Waals surface area contributed by atoms with Gasteiger partial charge in [-0.05, 0) is 26.0 Å². The second-order valence-electron chi connectivity index (χ2n) is 4.59. The summed E-state index contributed by atoms with van der Waals surface area (Å²) in [5.74, 6) is 0.743. The van der Waals surface area contributed by atoms with E-state index in [0.717, 1.165) is 11.3 Å². The fraction of sp³-hybridized carbons (Fsp3) is 0.571. The van der Waals surface area contributed by atoms with Gasteiger partial charge in [-0.15, -0.1) is 0 Å². The van der Waals surface area contributed by atoms with Gasteiger partial charge in [0.2, 0.25) is 0 Å². The average Bonchev–Trinajstić information content (AvgIpc) is 2.38. The van der Waals surface area contributed by atoms with Crippen molar-refractivity contribution in [3.05, 3.63) is 28.8 Å². The Labute approximate surface area is 119 Å². The van der Waals surface area contributed by atoms with E-state index in [1.54, 1.807) is 7.11 Å². The lowest BCUT2D eigenvalue weighted by Gasteiger charge is -2.15. The summed E-state index contributed by atoms with van der Waals surface area (Å²) in [6.07, 6.45) is -0.408. The van der Waals surface area contributed by atoms with Crippen LogP contribution in [0.25, 0.3) is 0 Å². The normalized spacial score (nSPS) is 12.7. The number of halogens is 1. The zero-order valence-electron chi connectivity index (χ0n) is 11.6. The molecule has 0 aliphatic carbocycles. The van der Waals surface area contributed by atoms with Gasteiger partial charge in [-0.25, -0.2) is 0 Å². The molecule has 0 saturated heterocycles. The van der Waals surface area contributed by atoms with Crippen molar-refractivity contribution < 1.29 is 14.6 Å². The second kappa shape index (κ2) is 8.38. The molecular formula is C14H22ClNO3. The van der Waals surface area contributed by atoms with Crippen molar-refractivity contribution in [2.45, 2.75) is 32.6 Å². The monoisotopic (exact) mass is 287 g/mol. The van der Waals surface area contributed by atoms with Gasteiger partial charge in [-0.2, -0.15) is 0 Å². The second-order valence-corrected chi connectivity index (χ2v) is 4.99. The van der Waals surface area contributed by atoms with Crippen LogP contribution in [-0.2, 0) is 11.3 Å². The van der Waals surface area contributed by atoms with Crippen LogP contribution in [0.15, 0.2) is 18.2 Å². The molecule has 0 heterocycles. The molecule has 1 aromatic carbocycles. The van der Waals surface area contributed by atoms with E-state index in [1.807, 2.05) is 32.0 Å². The average molecular weight is 288 g/mol. The third-order valence-electron chi connectivity index (χ3n) is 2.60. The van der Waals surface area contributed by atoms with Gasteiger partial charge < -0.3 is 19.9 Å². The minimum absolute atomic E-state index is 0.123. The minimum atomic E-state index is -0.532. The molecule has 108 valence electrons. The van der Waals surface area contributed by atoms with Gasteiger partial charge in [0.25, 0.3) is 0 Å². The van der Waals surface area contributed by atoms with Gasteiger partial charge >= 0.3 is 0 Å². The Balaban J connectivity index is 2.40. The Bertz CT molecular complexity index is 385. The standard InChI is InChI=1S/C14H22ClNO3/c1-10(2)19-9-11(17)7-16-8-12-13(15)5-4-6-14(12)18-3/h4-6,10-11,16-17H,7-9H2,1-3H3. The van der Waals surface area contributed by atoms with Gasteiger partial charge in [0, 0.05) is 23.7 Å². The molecule has 0 amide bonds. The quantitative estimate of drug-likeness (QED) is 0.770. The number of benzene rings is 1. The molecule has 0 spiro atoms. The third-order valence-corrected chi connectivity index (χ3v) is 2.95. The number of ether oxygens (including phenoxy) is 2. The van der Waals surface area contributed by atoms with E-state index >= 15 is 0 Å². The smallest absolute Gasteiger partial charge is 0.124 e. The topological polar surface area (TPSA) is 50.7 Å². The molecule has 19 heavy (non-hydrogen) atoms. The van der Waals surface area contributed by atoms with E-state index in [9.17, 15) is 5.11 Å². The van der Waals surface area contributed by atoms with Gasteiger partial charge in [0.05, 0.1) is 25.9 Å². The molecule has 0 fully saturated rings. The maximum atomic E-state index is 9.72. The molecule has 0 bridgehead atoms. The highest BCUT2D eigenvalue weighted by molar-refractivity contribution is 6.31. The largest absolute Gasteiger partial charge is 0.496 e. The molecule has 1 aromatic rings. The molecule has 4 nitrogen and oxygen atoms in total. The Morgan fingerprint density at radius 3 is 2.74 bits per heavy atom. The van der Waals surface area contributed by atoms with E-state index in [4.69, 9.17) is 21.1 Å². The summed E-state index contributed by atoms with van der Waals surface area (Å²) in [6.45, 7) is 5.19. The number of aliphatic hydroxyl groups excluding tert-OH is 1. The van der Waals surface area contributed by atoms with Gasteiger partial charge in [-0.1, -0.05) is 17.7 Å². The van der Waals surface area contributed by atoms with Crippen molar-refractivity contribution in [2.75, 3.05) is 20.3 Å². The molecule has 0 aliphatic rings. The summed E-state index contributed by atoms with van der Waals surface area (Å²) in [7, 11) is 1.61. The van der Waals surface area contributed by atoms with E-state index < -0.39 is 6.10 Å². The van der Waals surface area contributed by atoms with E-state index in [1.165, 1.54) is 0 Å². The molecule has 1 unspecified atom stereocenters. The van der Waals surface area contributed by atoms with Crippen molar-refractivity contribution in [3.63, 3.8) is 0 Å². The van der Waals surface area contributed by atoms with Crippen molar-refractivity contribution in [1.82, 2.24) is 5.32 Å². The van der Waals surface area contributed by atoms with E-state index in [2.05, 4.69) is 5.32 Å². The first kappa shape index (κ1) is 16.2. The van der Waals surface area contributed by atoms with Crippen LogP contribution in [0.4, 0.5) is 0 Å². The number of hydrogen-bond donors (Lipinski definition) is 2. The number of rotatable bonds is 8. The maximum absolute atomic E-state index is 9.72. The summed E-state index contributed by atoms with van der Waals surface area (Å²) in [5.41, 5.74) is 0.892. The van der Waals surface area contributed by atoms with Crippen LogP contribution in [0.5, 0.6) is 5.75 Å². The summed E-state index contributed by atoms with van der Waals surface area (Å²) in [4.78, 5) is 0. The Morgan fingerprint density at radius 2 is 2.11 bits per heavy atom. The predicted molar refractivity (Wildman–Crippen MR) is 76.8 cm³/mol. The first-order valence-electron chi connectivity index (χ1n) is 6.36. The van der Waals surface area contributed by atoms with Crippen molar-refractivity contribution in [1.29, 1.82) is 0 Å². The van der Waals surface area contributed by atoms with E-state index in [-0.39, 0.29) is 6.10 Å². The molecule has 0 aromatic heterocycles. The molecule has 0 aliphatic heterocycles. The first-order chi connectivity index (χ1) is 9.04. The van der Waals surface area contributed by atoms with Gasteiger partial charge in [0.15, 0.2) is 0 Å². The summed E-state index contributed by atoms with van der Waals surface area (Å²) >= 11 is 6.12. The van der Waals surface area contributed by atoms with Gasteiger partial charge in [-0.3, -0.25) is 0 Å². The summed E-state index contributed by atoms with van der Waals surface area (Å²) in [5, 5.41) is 13.5. The molecular weight excluding hydrogens is 266 g/mol. The van der Waals surface area contributed by atoms with Crippen LogP contribution in [0.2, 0.25) is 5.02 Å². The minimum Gasteiger partial charge on any atom is -0.496 e. The maximum Gasteiger partial charge on any atom is 0.124 e. The zero-order valence-corrected chi connectivity index (χ0v) is 12.4. The van der Waals surface area contributed by atoms with Crippen LogP contribution in [0.3, 0.4) is 0 Å². The molecule has 1 atom stereocenters. The lowest BCUT2D eigenvalue weighted by Crippen LogP contribution is -2.31. The van der Waals surface area contributed by atoms with Crippen LogP contribution in [0, 0.1) is 0 Å². The fourth-order valence-electron chi connectivity index (χ4n) is 1.63. The van der Waals surface area contributed by atoms with Crippen LogP contribution >= 0.6 is 11.6 Å². The fourth-order valence-corrected chi connectivity index (χ4v) is 1.86. The SMILES string of the molecule is COc1cccc(Cl)c1CNCC(O)COC(C)C. The molecule has 2 N–H and O–H groups in total. The lowest BCUT2D eigenvalue weighted by atomic mass is 10.2. The highest BCUT2D eigenvalue weighted by atomic mass is 35.5. The van der Waals surface area contributed by atoms with Crippen LogP contribution in [-0.4, -0.2) is 37.6 Å². The van der Waals surface area contributed by atoms with Crippen molar-refractivity contribution in [3.8, 4) is 5.75 Å². The highest BCUT2D eigenvalue weighted by Crippen LogP contribution is 2.25. The van der Waals surface area contributed by atoms with Crippen LogP contribution in [0.1, 0.15) is 19.4 Å². The highest BCUT2D eigenvalue weighted by Gasteiger charge is 2.09. The number of hydrogen-bond acceptors (Lipinski definition) is 4. The summed E-state index contributed by atoms with van der Waals surface area (Å²) in [6, 6.07) is 5.52. The lowest BCUT2D eigenvalue weighted by molar-refractivity contribution is 0.00629. The number of nitrogens with one attached hydrogen (secondary N) is 1. The Morgan fingerprint density at radius 1 is 1.37 bits per heavy atom. The van der Waals surface area contributed by atoms with Crippen molar-refractivity contribution in [2.24, 2.45) is 0 Å². The number of aliphatic hydroxyl groups is 1. The Hall–Kier alpha value is -0.810. The van der Waals surface area contributed by atoms with Crippen molar-refractivity contribution >= 4 is 11.6 Å². The third kappa shape index (κ3) is 5.78. The van der Waals surface area contributed by atoms with E-state index in [0.29, 0.717) is 24.7 Å². The molecule has 0 saturated carbocycles. The molecule has 0 radical (unpaired) electrons. The van der Waals surface area contributed by atoms with Gasteiger partial charge in [0.1, 0.15) is 5.75 Å². The first-order valence-corrected chi connectivity index (χ1v) is 6.74.